The number of nitrogens with one attached hydrogen (secondary N) is 3. The van der Waals surface area contributed by atoms with E-state index in [1.807, 2.05) is 83.1 Å². The molecule has 3 amide bonds. The Hall–Kier alpha value is -3.04. The van der Waals surface area contributed by atoms with Gasteiger partial charge in [0, 0.05) is 16.2 Å². The van der Waals surface area contributed by atoms with Crippen LogP contribution >= 0.6 is 11.8 Å². The molecule has 0 aliphatic rings. The van der Waals surface area contributed by atoms with Gasteiger partial charge in [0.1, 0.15) is 11.6 Å². The van der Waals surface area contributed by atoms with Crippen LogP contribution in [0.4, 0.5) is 4.79 Å². The van der Waals surface area contributed by atoms with Crippen LogP contribution < -0.4 is 16.0 Å². The van der Waals surface area contributed by atoms with E-state index < -0.39 is 29.9 Å². The van der Waals surface area contributed by atoms with Crippen molar-refractivity contribution in [1.29, 1.82) is 0 Å². The Kier molecular flexibility index (Phi) is 12.7. The number of aliphatic hydroxyl groups excluding tert-OH is 1. The van der Waals surface area contributed by atoms with Gasteiger partial charge in [0.25, 0.3) is 5.91 Å². The zero-order valence-electron chi connectivity index (χ0n) is 25.6. The molecule has 9 heteroatoms. The summed E-state index contributed by atoms with van der Waals surface area (Å²) in [5.41, 5.74) is 0.386. The summed E-state index contributed by atoms with van der Waals surface area (Å²) < 4.78 is 5.39. The van der Waals surface area contributed by atoms with E-state index in [0.717, 1.165) is 10.5 Å². The lowest BCUT2D eigenvalue weighted by atomic mass is 9.96. The van der Waals surface area contributed by atoms with Crippen molar-refractivity contribution >= 4 is 29.7 Å². The first-order chi connectivity index (χ1) is 19.1. The highest BCUT2D eigenvalue weighted by atomic mass is 32.2. The van der Waals surface area contributed by atoms with E-state index >= 15 is 0 Å². The second kappa shape index (κ2) is 15.3. The standard InChI is InChI=1S/C32H47N3O5S/c1-9-21(2)27(34-30(39)40-32(6,7)8)29(38)33-24(19-22-15-11-10-12-16-22)25(36)20-41-26-18-14-13-17-23(26)28(37)35-31(3,4)5/h10-18,21,24-25,27,36H,9,19-20H2,1-8H3,(H,33,38)(H,34,39)(H,35,37)/t21?,24-,25+,27+/m0/s1. The Labute approximate surface area is 249 Å². The van der Waals surface area contributed by atoms with Gasteiger partial charge in [0.2, 0.25) is 5.91 Å². The van der Waals surface area contributed by atoms with Gasteiger partial charge in [-0.05, 0) is 71.6 Å². The molecule has 0 aliphatic heterocycles. The minimum absolute atomic E-state index is 0.167. The van der Waals surface area contributed by atoms with E-state index in [1.54, 1.807) is 26.8 Å². The molecular weight excluding hydrogens is 538 g/mol. The molecule has 0 aliphatic carbocycles. The predicted octanol–water partition coefficient (Wildman–Crippen LogP) is 5.33. The molecule has 0 fully saturated rings. The zero-order chi connectivity index (χ0) is 30.8. The number of carbonyl (C=O) groups excluding carboxylic acids is 3. The van der Waals surface area contributed by atoms with E-state index in [0.29, 0.717) is 18.4 Å². The first-order valence-electron chi connectivity index (χ1n) is 14.2. The Balaban J connectivity index is 2.24. The van der Waals surface area contributed by atoms with Crippen molar-refractivity contribution in [1.82, 2.24) is 16.0 Å². The minimum Gasteiger partial charge on any atom is -0.444 e. The van der Waals surface area contributed by atoms with Crippen LogP contribution in [0.5, 0.6) is 0 Å². The van der Waals surface area contributed by atoms with Crippen LogP contribution in [0.25, 0.3) is 0 Å². The molecule has 0 aromatic heterocycles. The Morgan fingerprint density at radius 1 is 0.927 bits per heavy atom. The third-order valence-electron chi connectivity index (χ3n) is 6.29. The SMILES string of the molecule is CCC(C)[C@@H](NC(=O)OC(C)(C)C)C(=O)N[C@@H](Cc1ccccc1)[C@H](O)CSc1ccccc1C(=O)NC(C)(C)C. The summed E-state index contributed by atoms with van der Waals surface area (Å²) in [5, 5.41) is 20.1. The fraction of sp³-hybridized carbons (Fsp3) is 0.531. The van der Waals surface area contributed by atoms with Crippen LogP contribution in [-0.4, -0.2) is 58.1 Å². The van der Waals surface area contributed by atoms with Gasteiger partial charge >= 0.3 is 6.09 Å². The number of ether oxygens (including phenoxy) is 1. The van der Waals surface area contributed by atoms with Gasteiger partial charge in [-0.15, -0.1) is 11.8 Å². The summed E-state index contributed by atoms with van der Waals surface area (Å²) in [7, 11) is 0. The number of hydrogen-bond acceptors (Lipinski definition) is 6. The van der Waals surface area contributed by atoms with Crippen molar-refractivity contribution in [2.24, 2.45) is 5.92 Å². The Bertz CT molecular complexity index is 1140. The molecule has 0 spiro atoms. The number of thioether (sulfide) groups is 1. The van der Waals surface area contributed by atoms with E-state index in [9.17, 15) is 19.5 Å². The van der Waals surface area contributed by atoms with Gasteiger partial charge in [0.15, 0.2) is 0 Å². The summed E-state index contributed by atoms with van der Waals surface area (Å²) in [6, 6.07) is 15.4. The van der Waals surface area contributed by atoms with Crippen LogP contribution in [-0.2, 0) is 16.0 Å². The topological polar surface area (TPSA) is 117 Å². The molecule has 0 radical (unpaired) electrons. The van der Waals surface area contributed by atoms with Crippen molar-refractivity contribution in [2.45, 2.75) is 102 Å². The van der Waals surface area contributed by atoms with E-state index in [-0.39, 0.29) is 29.0 Å². The van der Waals surface area contributed by atoms with Crippen molar-refractivity contribution in [3.63, 3.8) is 0 Å². The largest absolute Gasteiger partial charge is 0.444 e. The summed E-state index contributed by atoms with van der Waals surface area (Å²) >= 11 is 1.36. The van der Waals surface area contributed by atoms with Crippen LogP contribution in [0.15, 0.2) is 59.5 Å². The molecule has 8 nitrogen and oxygen atoms in total. The minimum atomic E-state index is -0.943. The number of benzene rings is 2. The fourth-order valence-electron chi connectivity index (χ4n) is 4.04. The second-order valence-electron chi connectivity index (χ2n) is 12.4. The van der Waals surface area contributed by atoms with Crippen molar-refractivity contribution < 1.29 is 24.2 Å². The number of aliphatic hydroxyl groups is 1. The predicted molar refractivity (Wildman–Crippen MR) is 165 cm³/mol. The molecule has 0 heterocycles. The summed E-state index contributed by atoms with van der Waals surface area (Å²) in [6.07, 6.45) is -0.566. The first-order valence-corrected chi connectivity index (χ1v) is 15.1. The lowest BCUT2D eigenvalue weighted by Gasteiger charge is -2.30. The lowest BCUT2D eigenvalue weighted by Crippen LogP contribution is -2.56. The van der Waals surface area contributed by atoms with Crippen molar-refractivity contribution in [3.05, 3.63) is 65.7 Å². The van der Waals surface area contributed by atoms with Crippen molar-refractivity contribution in [2.75, 3.05) is 5.75 Å². The molecule has 41 heavy (non-hydrogen) atoms. The van der Waals surface area contributed by atoms with E-state index in [4.69, 9.17) is 4.74 Å². The van der Waals surface area contributed by atoms with Crippen LogP contribution in [0, 0.1) is 5.92 Å². The maximum Gasteiger partial charge on any atom is 0.408 e. The Morgan fingerprint density at radius 2 is 1.54 bits per heavy atom. The molecule has 4 atom stereocenters. The number of amides is 3. The quantitative estimate of drug-likeness (QED) is 0.250. The van der Waals surface area contributed by atoms with Crippen LogP contribution in [0.1, 0.15) is 77.7 Å². The first kappa shape index (κ1) is 34.2. The highest BCUT2D eigenvalue weighted by Crippen LogP contribution is 2.25. The average molecular weight is 586 g/mol. The third kappa shape index (κ3) is 12.2. The molecule has 2 aromatic carbocycles. The van der Waals surface area contributed by atoms with Gasteiger partial charge in [0.05, 0.1) is 17.7 Å². The molecule has 4 N–H and O–H groups in total. The summed E-state index contributed by atoms with van der Waals surface area (Å²) in [4.78, 5) is 39.7. The highest BCUT2D eigenvalue weighted by Gasteiger charge is 2.32. The maximum absolute atomic E-state index is 13.5. The monoisotopic (exact) mass is 585 g/mol. The third-order valence-corrected chi connectivity index (χ3v) is 7.46. The molecule has 2 aromatic rings. The molecule has 0 bridgehead atoms. The van der Waals surface area contributed by atoms with Gasteiger partial charge in [-0.25, -0.2) is 4.79 Å². The van der Waals surface area contributed by atoms with Gasteiger partial charge in [-0.2, -0.15) is 0 Å². The molecule has 0 saturated carbocycles. The van der Waals surface area contributed by atoms with Gasteiger partial charge in [-0.3, -0.25) is 9.59 Å². The number of hydrogen-bond donors (Lipinski definition) is 4. The lowest BCUT2D eigenvalue weighted by molar-refractivity contribution is -0.125. The molecular formula is C32H47N3O5S. The Morgan fingerprint density at radius 3 is 2.12 bits per heavy atom. The summed E-state index contributed by atoms with van der Waals surface area (Å²) in [6.45, 7) is 14.9. The van der Waals surface area contributed by atoms with Crippen LogP contribution in [0.2, 0.25) is 0 Å². The molecule has 226 valence electrons. The maximum atomic E-state index is 13.5. The van der Waals surface area contributed by atoms with E-state index in [1.165, 1.54) is 11.8 Å². The fourth-order valence-corrected chi connectivity index (χ4v) is 5.11. The van der Waals surface area contributed by atoms with Crippen molar-refractivity contribution in [3.8, 4) is 0 Å². The average Bonchev–Trinajstić information content (AvgIpc) is 2.88. The number of alkyl carbamates (subject to hydrolysis) is 1. The number of rotatable bonds is 12. The molecule has 2 rings (SSSR count). The number of carbonyl (C=O) groups is 3. The van der Waals surface area contributed by atoms with Crippen LogP contribution in [0.3, 0.4) is 0 Å². The highest BCUT2D eigenvalue weighted by molar-refractivity contribution is 7.99. The molecule has 1 unspecified atom stereocenters. The zero-order valence-corrected chi connectivity index (χ0v) is 26.4. The molecule has 0 saturated heterocycles. The van der Waals surface area contributed by atoms with Gasteiger partial charge < -0.3 is 25.8 Å². The normalized spacial score (nSPS) is 14.8. The smallest absolute Gasteiger partial charge is 0.408 e. The summed E-state index contributed by atoms with van der Waals surface area (Å²) in [5.74, 6) is -0.501. The van der Waals surface area contributed by atoms with Gasteiger partial charge in [-0.1, -0.05) is 62.7 Å². The van der Waals surface area contributed by atoms with E-state index in [2.05, 4.69) is 16.0 Å². The second-order valence-corrected chi connectivity index (χ2v) is 13.5.